The van der Waals surface area contributed by atoms with Gasteiger partial charge in [0.2, 0.25) is 0 Å². The molecule has 2 aromatic rings. The molecule has 18 heavy (non-hydrogen) atoms. The van der Waals surface area contributed by atoms with Crippen LogP contribution in [0.5, 0.6) is 0 Å². The smallest absolute Gasteiger partial charge is 0.141 e. The molecule has 0 aliphatic carbocycles. The van der Waals surface area contributed by atoms with Crippen LogP contribution in [0, 0.1) is 5.82 Å². The standard InChI is InChI=1S/C15H17FN2/c1-11(13-6-4-3-5-7-13)18-12(2)15-9-8-14(16)10-17-15/h3-12,18H,1-2H3/t11-,12?/m0/s1. The number of benzene rings is 1. The molecular formula is C15H17FN2. The van der Waals surface area contributed by atoms with Crippen LogP contribution >= 0.6 is 0 Å². The number of hydrogen-bond donors (Lipinski definition) is 1. The molecule has 2 nitrogen and oxygen atoms in total. The predicted octanol–water partition coefficient (Wildman–Crippen LogP) is 3.63. The van der Waals surface area contributed by atoms with Gasteiger partial charge in [-0.15, -0.1) is 0 Å². The number of hydrogen-bond acceptors (Lipinski definition) is 2. The van der Waals surface area contributed by atoms with E-state index in [0.29, 0.717) is 0 Å². The second kappa shape index (κ2) is 5.74. The Morgan fingerprint density at radius 1 is 1.00 bits per heavy atom. The molecule has 1 heterocycles. The van der Waals surface area contributed by atoms with E-state index in [-0.39, 0.29) is 17.9 Å². The van der Waals surface area contributed by atoms with E-state index in [1.165, 1.54) is 17.8 Å². The molecule has 3 heteroatoms. The molecule has 2 atom stereocenters. The fourth-order valence-electron chi connectivity index (χ4n) is 1.94. The summed E-state index contributed by atoms with van der Waals surface area (Å²) < 4.78 is 12.8. The lowest BCUT2D eigenvalue weighted by Crippen LogP contribution is -2.23. The molecule has 1 aromatic heterocycles. The van der Waals surface area contributed by atoms with Crippen molar-refractivity contribution in [1.82, 2.24) is 10.3 Å². The van der Waals surface area contributed by atoms with Crippen LogP contribution < -0.4 is 5.32 Å². The van der Waals surface area contributed by atoms with Crippen LogP contribution in [0.25, 0.3) is 0 Å². The van der Waals surface area contributed by atoms with Crippen molar-refractivity contribution in [2.75, 3.05) is 0 Å². The third-order valence-electron chi connectivity index (χ3n) is 2.99. The van der Waals surface area contributed by atoms with Crippen molar-refractivity contribution in [3.8, 4) is 0 Å². The lowest BCUT2D eigenvalue weighted by atomic mass is 10.1. The highest BCUT2D eigenvalue weighted by Gasteiger charge is 2.11. The maximum Gasteiger partial charge on any atom is 0.141 e. The van der Waals surface area contributed by atoms with Crippen molar-refractivity contribution in [3.05, 3.63) is 65.7 Å². The van der Waals surface area contributed by atoms with Gasteiger partial charge in [-0.25, -0.2) is 4.39 Å². The Bertz CT molecular complexity index is 482. The van der Waals surface area contributed by atoms with Gasteiger partial charge in [0.25, 0.3) is 0 Å². The highest BCUT2D eigenvalue weighted by Crippen LogP contribution is 2.17. The summed E-state index contributed by atoms with van der Waals surface area (Å²) in [7, 11) is 0. The van der Waals surface area contributed by atoms with Crippen LogP contribution in [-0.2, 0) is 0 Å². The van der Waals surface area contributed by atoms with E-state index in [1.54, 1.807) is 6.07 Å². The monoisotopic (exact) mass is 244 g/mol. The maximum absolute atomic E-state index is 12.8. The Balaban J connectivity index is 2.03. The first-order chi connectivity index (χ1) is 8.66. The summed E-state index contributed by atoms with van der Waals surface area (Å²) in [6.45, 7) is 4.13. The molecule has 2 rings (SSSR count). The van der Waals surface area contributed by atoms with E-state index in [0.717, 1.165) is 5.69 Å². The molecule has 1 aromatic carbocycles. The number of rotatable bonds is 4. The van der Waals surface area contributed by atoms with E-state index in [2.05, 4.69) is 29.4 Å². The van der Waals surface area contributed by atoms with E-state index in [4.69, 9.17) is 0 Å². The first-order valence-electron chi connectivity index (χ1n) is 6.09. The summed E-state index contributed by atoms with van der Waals surface area (Å²) in [5, 5.41) is 3.45. The van der Waals surface area contributed by atoms with Gasteiger partial charge in [0.15, 0.2) is 0 Å². The molecule has 0 aliphatic rings. The minimum atomic E-state index is -0.304. The second-order valence-electron chi connectivity index (χ2n) is 4.42. The Morgan fingerprint density at radius 2 is 1.72 bits per heavy atom. The van der Waals surface area contributed by atoms with Gasteiger partial charge in [-0.05, 0) is 31.5 Å². The molecule has 0 radical (unpaired) electrons. The molecule has 0 spiro atoms. The van der Waals surface area contributed by atoms with Crippen LogP contribution in [0.15, 0.2) is 48.7 Å². The summed E-state index contributed by atoms with van der Waals surface area (Å²) in [4.78, 5) is 4.09. The number of nitrogens with zero attached hydrogens (tertiary/aromatic N) is 1. The second-order valence-corrected chi connectivity index (χ2v) is 4.42. The van der Waals surface area contributed by atoms with E-state index >= 15 is 0 Å². The first kappa shape index (κ1) is 12.7. The quantitative estimate of drug-likeness (QED) is 0.888. The fourth-order valence-corrected chi connectivity index (χ4v) is 1.94. The molecule has 0 saturated heterocycles. The molecule has 0 amide bonds. The molecule has 1 N–H and O–H groups in total. The summed E-state index contributed by atoms with van der Waals surface area (Å²) in [5.41, 5.74) is 2.07. The lowest BCUT2D eigenvalue weighted by molar-refractivity contribution is 0.484. The van der Waals surface area contributed by atoms with Crippen LogP contribution in [-0.4, -0.2) is 4.98 Å². The minimum absolute atomic E-state index is 0.0841. The fraction of sp³-hybridized carbons (Fsp3) is 0.267. The lowest BCUT2D eigenvalue weighted by Gasteiger charge is -2.20. The zero-order valence-electron chi connectivity index (χ0n) is 10.6. The summed E-state index contributed by atoms with van der Waals surface area (Å²) in [6, 6.07) is 13.7. The van der Waals surface area contributed by atoms with Crippen molar-refractivity contribution >= 4 is 0 Å². The number of halogens is 1. The van der Waals surface area contributed by atoms with Crippen molar-refractivity contribution < 1.29 is 4.39 Å². The zero-order chi connectivity index (χ0) is 13.0. The van der Waals surface area contributed by atoms with Crippen LogP contribution in [0.4, 0.5) is 4.39 Å². The van der Waals surface area contributed by atoms with Gasteiger partial charge >= 0.3 is 0 Å². The van der Waals surface area contributed by atoms with Gasteiger partial charge in [-0.2, -0.15) is 0 Å². The largest absolute Gasteiger partial charge is 0.302 e. The maximum atomic E-state index is 12.8. The normalized spacial score (nSPS) is 14.2. The highest BCUT2D eigenvalue weighted by molar-refractivity contribution is 5.19. The highest BCUT2D eigenvalue weighted by atomic mass is 19.1. The molecule has 0 aliphatic heterocycles. The third kappa shape index (κ3) is 3.14. The van der Waals surface area contributed by atoms with Crippen LogP contribution in [0.3, 0.4) is 0 Å². The van der Waals surface area contributed by atoms with Gasteiger partial charge in [0.1, 0.15) is 5.82 Å². The Morgan fingerprint density at radius 3 is 2.33 bits per heavy atom. The zero-order valence-corrected chi connectivity index (χ0v) is 10.6. The molecule has 94 valence electrons. The van der Waals surface area contributed by atoms with Crippen molar-refractivity contribution in [3.63, 3.8) is 0 Å². The summed E-state index contributed by atoms with van der Waals surface area (Å²) in [6.07, 6.45) is 1.25. The third-order valence-corrected chi connectivity index (χ3v) is 2.99. The van der Waals surface area contributed by atoms with E-state index < -0.39 is 0 Å². The van der Waals surface area contributed by atoms with Crippen molar-refractivity contribution in [2.45, 2.75) is 25.9 Å². The number of pyridine rings is 1. The first-order valence-corrected chi connectivity index (χ1v) is 6.09. The Hall–Kier alpha value is -1.74. The van der Waals surface area contributed by atoms with Gasteiger partial charge in [-0.3, -0.25) is 4.98 Å². The van der Waals surface area contributed by atoms with Gasteiger partial charge < -0.3 is 5.32 Å². The van der Waals surface area contributed by atoms with Gasteiger partial charge in [-0.1, -0.05) is 30.3 Å². The SMILES string of the molecule is CC(N[C@@H](C)c1ccccc1)c1ccc(F)cn1. The van der Waals surface area contributed by atoms with E-state index in [9.17, 15) is 4.39 Å². The van der Waals surface area contributed by atoms with Crippen molar-refractivity contribution in [1.29, 1.82) is 0 Å². The van der Waals surface area contributed by atoms with Crippen molar-refractivity contribution in [2.24, 2.45) is 0 Å². The number of aromatic nitrogens is 1. The van der Waals surface area contributed by atoms with Gasteiger partial charge in [0.05, 0.1) is 11.9 Å². The van der Waals surface area contributed by atoms with E-state index in [1.807, 2.05) is 25.1 Å². The predicted molar refractivity (Wildman–Crippen MR) is 70.6 cm³/mol. The average Bonchev–Trinajstić information content (AvgIpc) is 2.40. The van der Waals surface area contributed by atoms with Gasteiger partial charge in [0, 0.05) is 12.1 Å². The molecule has 0 fully saturated rings. The summed E-state index contributed by atoms with van der Waals surface area (Å²) >= 11 is 0. The minimum Gasteiger partial charge on any atom is -0.302 e. The summed E-state index contributed by atoms with van der Waals surface area (Å²) in [5.74, 6) is -0.304. The topological polar surface area (TPSA) is 24.9 Å². The van der Waals surface area contributed by atoms with Crippen LogP contribution in [0.1, 0.15) is 37.2 Å². The molecule has 0 bridgehead atoms. The Kier molecular flexibility index (Phi) is 4.05. The average molecular weight is 244 g/mol. The number of nitrogens with one attached hydrogen (secondary N) is 1. The molecular weight excluding hydrogens is 227 g/mol. The molecule has 0 saturated carbocycles. The Labute approximate surface area is 107 Å². The van der Waals surface area contributed by atoms with Crippen LogP contribution in [0.2, 0.25) is 0 Å². The molecule has 1 unspecified atom stereocenters.